The predicted molar refractivity (Wildman–Crippen MR) is 77.6 cm³/mol. The van der Waals surface area contributed by atoms with Gasteiger partial charge in [-0.3, -0.25) is 4.31 Å². The van der Waals surface area contributed by atoms with E-state index in [9.17, 15) is 12.8 Å². The van der Waals surface area contributed by atoms with Crippen LogP contribution in [0, 0.1) is 12.7 Å². The van der Waals surface area contributed by atoms with Crippen LogP contribution in [0.15, 0.2) is 47.4 Å². The Labute approximate surface area is 117 Å². The SMILES string of the molecule is Cc1ccc(N(C)S(=O)(=O)c2c(N)cccc2F)cc1. The number of hydrogen-bond donors (Lipinski definition) is 1. The number of nitrogens with two attached hydrogens (primary N) is 1. The van der Waals surface area contributed by atoms with E-state index >= 15 is 0 Å². The lowest BCUT2D eigenvalue weighted by Gasteiger charge is -2.20. The smallest absolute Gasteiger partial charge is 0.269 e. The van der Waals surface area contributed by atoms with Gasteiger partial charge in [-0.15, -0.1) is 0 Å². The first kappa shape index (κ1) is 14.3. The summed E-state index contributed by atoms with van der Waals surface area (Å²) in [4.78, 5) is -0.497. The van der Waals surface area contributed by atoms with Crippen molar-refractivity contribution in [2.24, 2.45) is 0 Å². The van der Waals surface area contributed by atoms with Gasteiger partial charge in [0.05, 0.1) is 11.4 Å². The fourth-order valence-electron chi connectivity index (χ4n) is 1.83. The summed E-state index contributed by atoms with van der Waals surface area (Å²) in [7, 11) is -2.67. The quantitative estimate of drug-likeness (QED) is 0.885. The van der Waals surface area contributed by atoms with Gasteiger partial charge in [0.2, 0.25) is 0 Å². The molecule has 0 aliphatic rings. The first-order valence-corrected chi connectivity index (χ1v) is 7.37. The molecule has 20 heavy (non-hydrogen) atoms. The molecule has 106 valence electrons. The zero-order valence-corrected chi connectivity index (χ0v) is 12.0. The molecule has 0 fully saturated rings. The maximum Gasteiger partial charge on any atom is 0.269 e. The average molecular weight is 294 g/mol. The molecule has 0 amide bonds. The highest BCUT2D eigenvalue weighted by Crippen LogP contribution is 2.28. The molecule has 0 saturated carbocycles. The zero-order chi connectivity index (χ0) is 14.9. The third kappa shape index (κ3) is 2.46. The molecule has 2 aromatic carbocycles. The zero-order valence-electron chi connectivity index (χ0n) is 11.2. The van der Waals surface area contributed by atoms with Crippen molar-refractivity contribution in [3.8, 4) is 0 Å². The van der Waals surface area contributed by atoms with Gasteiger partial charge in [0.15, 0.2) is 0 Å². The van der Waals surface area contributed by atoms with E-state index in [0.29, 0.717) is 5.69 Å². The molecular formula is C14H15FN2O2S. The summed E-state index contributed by atoms with van der Waals surface area (Å²) in [6.45, 7) is 1.90. The summed E-state index contributed by atoms with van der Waals surface area (Å²) in [5.41, 5.74) is 6.94. The van der Waals surface area contributed by atoms with Gasteiger partial charge < -0.3 is 5.73 Å². The number of halogens is 1. The van der Waals surface area contributed by atoms with Crippen LogP contribution in [-0.2, 0) is 10.0 Å². The minimum Gasteiger partial charge on any atom is -0.398 e. The van der Waals surface area contributed by atoms with Crippen molar-refractivity contribution < 1.29 is 12.8 Å². The molecule has 0 heterocycles. The van der Waals surface area contributed by atoms with Crippen LogP contribution in [0.2, 0.25) is 0 Å². The number of rotatable bonds is 3. The molecule has 0 aliphatic heterocycles. The lowest BCUT2D eigenvalue weighted by atomic mass is 10.2. The van der Waals surface area contributed by atoms with Crippen molar-refractivity contribution in [3.05, 3.63) is 53.8 Å². The van der Waals surface area contributed by atoms with E-state index in [1.54, 1.807) is 24.3 Å². The molecule has 0 spiro atoms. The third-order valence-corrected chi connectivity index (χ3v) is 4.89. The molecule has 0 radical (unpaired) electrons. The largest absolute Gasteiger partial charge is 0.398 e. The summed E-state index contributed by atoms with van der Waals surface area (Å²) >= 11 is 0. The molecule has 2 aromatic rings. The Morgan fingerprint density at radius 2 is 1.70 bits per heavy atom. The van der Waals surface area contributed by atoms with E-state index < -0.39 is 20.7 Å². The first-order chi connectivity index (χ1) is 9.34. The average Bonchev–Trinajstić information content (AvgIpc) is 2.38. The van der Waals surface area contributed by atoms with Crippen molar-refractivity contribution in [3.63, 3.8) is 0 Å². The first-order valence-electron chi connectivity index (χ1n) is 5.93. The molecular weight excluding hydrogens is 279 g/mol. The summed E-state index contributed by atoms with van der Waals surface area (Å²) in [5.74, 6) is -0.857. The Balaban J connectivity index is 2.52. The highest BCUT2D eigenvalue weighted by molar-refractivity contribution is 7.93. The fraction of sp³-hybridized carbons (Fsp3) is 0.143. The number of aryl methyl sites for hydroxylation is 1. The molecule has 0 aromatic heterocycles. The fourth-order valence-corrected chi connectivity index (χ4v) is 3.18. The number of benzene rings is 2. The second-order valence-electron chi connectivity index (χ2n) is 4.47. The summed E-state index contributed by atoms with van der Waals surface area (Å²) in [6, 6.07) is 10.7. The Bertz CT molecular complexity index is 707. The highest BCUT2D eigenvalue weighted by Gasteiger charge is 2.27. The predicted octanol–water partition coefficient (Wildman–Crippen LogP) is 2.54. The van der Waals surface area contributed by atoms with Crippen LogP contribution < -0.4 is 10.0 Å². The standard InChI is InChI=1S/C14H15FN2O2S/c1-10-6-8-11(9-7-10)17(2)20(18,19)14-12(15)4-3-5-13(14)16/h3-9H,16H2,1-2H3. The molecule has 2 rings (SSSR count). The lowest BCUT2D eigenvalue weighted by Crippen LogP contribution is -2.28. The maximum absolute atomic E-state index is 13.8. The molecule has 0 bridgehead atoms. The molecule has 0 unspecified atom stereocenters. The van der Waals surface area contributed by atoms with Gasteiger partial charge in [0, 0.05) is 7.05 Å². The molecule has 6 heteroatoms. The van der Waals surface area contributed by atoms with Crippen molar-refractivity contribution in [1.29, 1.82) is 0 Å². The van der Waals surface area contributed by atoms with E-state index in [1.165, 1.54) is 19.2 Å². The highest BCUT2D eigenvalue weighted by atomic mass is 32.2. The van der Waals surface area contributed by atoms with E-state index in [1.807, 2.05) is 6.92 Å². The van der Waals surface area contributed by atoms with Crippen molar-refractivity contribution in [2.75, 3.05) is 17.1 Å². The molecule has 0 atom stereocenters. The summed E-state index contributed by atoms with van der Waals surface area (Å²) in [6.07, 6.45) is 0. The summed E-state index contributed by atoms with van der Waals surface area (Å²) in [5, 5.41) is 0. The van der Waals surface area contributed by atoms with Crippen molar-refractivity contribution >= 4 is 21.4 Å². The van der Waals surface area contributed by atoms with Crippen molar-refractivity contribution in [1.82, 2.24) is 0 Å². The van der Waals surface area contributed by atoms with E-state index in [0.717, 1.165) is 15.9 Å². The van der Waals surface area contributed by atoms with Gasteiger partial charge in [-0.1, -0.05) is 23.8 Å². The van der Waals surface area contributed by atoms with Crippen LogP contribution >= 0.6 is 0 Å². The van der Waals surface area contributed by atoms with Crippen LogP contribution in [0.25, 0.3) is 0 Å². The molecule has 2 N–H and O–H groups in total. The Morgan fingerprint density at radius 3 is 2.25 bits per heavy atom. The Morgan fingerprint density at radius 1 is 1.10 bits per heavy atom. The third-order valence-electron chi connectivity index (χ3n) is 3.01. The van der Waals surface area contributed by atoms with Gasteiger partial charge in [0.1, 0.15) is 10.7 Å². The van der Waals surface area contributed by atoms with Crippen LogP contribution in [0.3, 0.4) is 0 Å². The number of sulfonamides is 1. The minimum absolute atomic E-state index is 0.107. The summed E-state index contributed by atoms with van der Waals surface area (Å²) < 4.78 is 39.7. The van der Waals surface area contributed by atoms with E-state index in [4.69, 9.17) is 5.73 Å². The van der Waals surface area contributed by atoms with Crippen LogP contribution in [-0.4, -0.2) is 15.5 Å². The number of anilines is 2. The number of nitrogen functional groups attached to an aromatic ring is 1. The van der Waals surface area contributed by atoms with Crippen LogP contribution in [0.4, 0.5) is 15.8 Å². The number of hydrogen-bond acceptors (Lipinski definition) is 3. The van der Waals surface area contributed by atoms with Gasteiger partial charge >= 0.3 is 0 Å². The van der Waals surface area contributed by atoms with E-state index in [-0.39, 0.29) is 5.69 Å². The topological polar surface area (TPSA) is 63.4 Å². The molecule has 4 nitrogen and oxygen atoms in total. The van der Waals surface area contributed by atoms with Gasteiger partial charge in [-0.25, -0.2) is 12.8 Å². The minimum atomic E-state index is -4.03. The second kappa shape index (κ2) is 5.13. The molecule has 0 aliphatic carbocycles. The molecule has 0 saturated heterocycles. The van der Waals surface area contributed by atoms with Crippen LogP contribution in [0.1, 0.15) is 5.56 Å². The monoisotopic (exact) mass is 294 g/mol. The van der Waals surface area contributed by atoms with Gasteiger partial charge in [-0.2, -0.15) is 0 Å². The Hall–Kier alpha value is -2.08. The Kier molecular flexibility index (Phi) is 3.67. The number of nitrogens with zero attached hydrogens (tertiary/aromatic N) is 1. The van der Waals surface area contributed by atoms with Crippen molar-refractivity contribution in [2.45, 2.75) is 11.8 Å². The second-order valence-corrected chi connectivity index (χ2v) is 6.37. The van der Waals surface area contributed by atoms with Gasteiger partial charge in [-0.05, 0) is 31.2 Å². The maximum atomic E-state index is 13.8. The normalized spacial score (nSPS) is 11.3. The van der Waals surface area contributed by atoms with Gasteiger partial charge in [0.25, 0.3) is 10.0 Å². The lowest BCUT2D eigenvalue weighted by molar-refractivity contribution is 0.567. The van der Waals surface area contributed by atoms with E-state index in [2.05, 4.69) is 0 Å². The van der Waals surface area contributed by atoms with Crippen LogP contribution in [0.5, 0.6) is 0 Å².